The number of carbonyl (C=O) groups excluding carboxylic acids is 1. The first-order valence-corrected chi connectivity index (χ1v) is 8.84. The maximum absolute atomic E-state index is 12.3. The fraction of sp³-hybridized carbons (Fsp3) is 0.222. The van der Waals surface area contributed by atoms with Gasteiger partial charge in [-0.05, 0) is 37.1 Å². The summed E-state index contributed by atoms with van der Waals surface area (Å²) < 4.78 is 0. The molecular weight excluding hydrogens is 370 g/mol. The second kappa shape index (κ2) is 6.88. The van der Waals surface area contributed by atoms with Gasteiger partial charge in [0.05, 0.1) is 16.1 Å². The number of pyridine rings is 1. The summed E-state index contributed by atoms with van der Waals surface area (Å²) in [5.41, 5.74) is 2.14. The molecule has 3 heterocycles. The maximum atomic E-state index is 12.3. The van der Waals surface area contributed by atoms with Gasteiger partial charge in [-0.1, -0.05) is 11.6 Å². The minimum absolute atomic E-state index is 0.0652. The number of carboxylic acids is 1. The smallest absolute Gasteiger partial charge is 0.337 e. The molecule has 9 heteroatoms. The molecule has 2 amide bonds. The molecule has 0 radical (unpaired) electrons. The SMILES string of the molecule is O=C(O)c1cnc2nc(-c3cc(NC(=O)N4CCCC4)ccc3Cl)[nH]c2c1. The van der Waals surface area contributed by atoms with Crippen LogP contribution in [-0.2, 0) is 0 Å². The number of aromatic amines is 1. The van der Waals surface area contributed by atoms with Crippen LogP contribution in [0.4, 0.5) is 10.5 Å². The number of benzene rings is 1. The fourth-order valence-electron chi connectivity index (χ4n) is 3.05. The molecule has 0 unspecified atom stereocenters. The molecule has 3 N–H and O–H groups in total. The van der Waals surface area contributed by atoms with Gasteiger partial charge in [0, 0.05) is 30.5 Å². The van der Waals surface area contributed by atoms with Crippen LogP contribution in [0.1, 0.15) is 23.2 Å². The lowest BCUT2D eigenvalue weighted by atomic mass is 10.2. The number of halogens is 1. The van der Waals surface area contributed by atoms with E-state index >= 15 is 0 Å². The first-order valence-electron chi connectivity index (χ1n) is 8.46. The molecule has 8 nitrogen and oxygen atoms in total. The number of amides is 2. The summed E-state index contributed by atoms with van der Waals surface area (Å²) >= 11 is 6.31. The van der Waals surface area contributed by atoms with Gasteiger partial charge < -0.3 is 20.3 Å². The van der Waals surface area contributed by atoms with Gasteiger partial charge in [-0.3, -0.25) is 0 Å². The molecule has 0 spiro atoms. The van der Waals surface area contributed by atoms with E-state index in [0.717, 1.165) is 25.9 Å². The topological polar surface area (TPSA) is 111 Å². The third-order valence-corrected chi connectivity index (χ3v) is 4.78. The van der Waals surface area contributed by atoms with Crippen molar-refractivity contribution in [2.75, 3.05) is 18.4 Å². The molecule has 138 valence electrons. The van der Waals surface area contributed by atoms with E-state index in [0.29, 0.717) is 33.3 Å². The van der Waals surface area contributed by atoms with Gasteiger partial charge in [-0.25, -0.2) is 19.6 Å². The third kappa shape index (κ3) is 3.43. The van der Waals surface area contributed by atoms with Gasteiger partial charge >= 0.3 is 12.0 Å². The highest BCUT2D eigenvalue weighted by Crippen LogP contribution is 2.30. The first kappa shape index (κ1) is 17.3. The van der Waals surface area contributed by atoms with Crippen molar-refractivity contribution < 1.29 is 14.7 Å². The van der Waals surface area contributed by atoms with E-state index in [1.165, 1.54) is 12.3 Å². The Morgan fingerprint density at radius 3 is 2.74 bits per heavy atom. The third-order valence-electron chi connectivity index (χ3n) is 4.45. The number of aromatic nitrogens is 3. The number of carbonyl (C=O) groups is 2. The quantitative estimate of drug-likeness (QED) is 0.637. The van der Waals surface area contributed by atoms with E-state index in [-0.39, 0.29) is 11.6 Å². The van der Waals surface area contributed by atoms with Crippen LogP contribution in [0.3, 0.4) is 0 Å². The summed E-state index contributed by atoms with van der Waals surface area (Å²) in [5.74, 6) is -0.618. The van der Waals surface area contributed by atoms with Gasteiger partial charge in [0.25, 0.3) is 0 Å². The van der Waals surface area contributed by atoms with Crippen molar-refractivity contribution in [1.29, 1.82) is 0 Å². The number of fused-ring (bicyclic) bond motifs is 1. The lowest BCUT2D eigenvalue weighted by Gasteiger charge is -2.16. The number of anilines is 1. The lowest BCUT2D eigenvalue weighted by Crippen LogP contribution is -2.32. The zero-order chi connectivity index (χ0) is 19.0. The van der Waals surface area contributed by atoms with E-state index in [4.69, 9.17) is 16.7 Å². The predicted molar refractivity (Wildman–Crippen MR) is 101 cm³/mol. The minimum atomic E-state index is -1.06. The number of H-pyrrole nitrogens is 1. The molecule has 1 fully saturated rings. The monoisotopic (exact) mass is 385 g/mol. The van der Waals surface area contributed by atoms with Crippen molar-refractivity contribution >= 4 is 40.5 Å². The Hall–Kier alpha value is -3.13. The minimum Gasteiger partial charge on any atom is -0.478 e. The van der Waals surface area contributed by atoms with Gasteiger partial charge in [0.15, 0.2) is 5.65 Å². The van der Waals surface area contributed by atoms with Crippen molar-refractivity contribution in [1.82, 2.24) is 19.9 Å². The molecule has 0 bridgehead atoms. The van der Waals surface area contributed by atoms with Crippen LogP contribution in [0, 0.1) is 0 Å². The molecule has 1 aliphatic rings. The summed E-state index contributed by atoms with van der Waals surface area (Å²) in [4.78, 5) is 36.6. The normalized spacial score (nSPS) is 13.9. The molecule has 2 aromatic heterocycles. The van der Waals surface area contributed by atoms with Crippen molar-refractivity contribution in [3.8, 4) is 11.4 Å². The molecule has 0 atom stereocenters. The second-order valence-corrected chi connectivity index (χ2v) is 6.71. The average Bonchev–Trinajstić information content (AvgIpc) is 3.32. The lowest BCUT2D eigenvalue weighted by molar-refractivity contribution is 0.0696. The Balaban J connectivity index is 1.65. The van der Waals surface area contributed by atoms with E-state index in [9.17, 15) is 9.59 Å². The van der Waals surface area contributed by atoms with Crippen LogP contribution in [0.2, 0.25) is 5.02 Å². The fourth-order valence-corrected chi connectivity index (χ4v) is 3.26. The van der Waals surface area contributed by atoms with Crippen LogP contribution < -0.4 is 5.32 Å². The van der Waals surface area contributed by atoms with E-state index in [2.05, 4.69) is 20.3 Å². The number of likely N-dealkylation sites (tertiary alicyclic amines) is 1. The molecule has 4 rings (SSSR count). The Bertz CT molecular complexity index is 1040. The van der Waals surface area contributed by atoms with E-state index < -0.39 is 5.97 Å². The summed E-state index contributed by atoms with van der Waals surface area (Å²) in [6, 6.07) is 6.46. The summed E-state index contributed by atoms with van der Waals surface area (Å²) in [7, 11) is 0. The number of urea groups is 1. The first-order chi connectivity index (χ1) is 13.0. The molecular formula is C18H16ClN5O3. The summed E-state index contributed by atoms with van der Waals surface area (Å²) in [5, 5.41) is 12.4. The molecule has 0 saturated carbocycles. The number of rotatable bonds is 3. The molecule has 27 heavy (non-hydrogen) atoms. The molecule has 3 aromatic rings. The number of nitrogens with zero attached hydrogens (tertiary/aromatic N) is 3. The zero-order valence-corrected chi connectivity index (χ0v) is 15.0. The highest BCUT2D eigenvalue weighted by atomic mass is 35.5. The number of carboxylic acid groups (broad SMARTS) is 1. The van der Waals surface area contributed by atoms with Crippen LogP contribution in [0.5, 0.6) is 0 Å². The Morgan fingerprint density at radius 2 is 2.00 bits per heavy atom. The summed E-state index contributed by atoms with van der Waals surface area (Å²) in [6.45, 7) is 1.51. The van der Waals surface area contributed by atoms with E-state index in [1.807, 2.05) is 0 Å². The highest BCUT2D eigenvalue weighted by molar-refractivity contribution is 6.33. The van der Waals surface area contributed by atoms with Crippen LogP contribution in [-0.4, -0.2) is 50.0 Å². The largest absolute Gasteiger partial charge is 0.478 e. The molecule has 0 aliphatic carbocycles. The van der Waals surface area contributed by atoms with Crippen molar-refractivity contribution in [3.63, 3.8) is 0 Å². The second-order valence-electron chi connectivity index (χ2n) is 6.30. The molecule has 1 aromatic carbocycles. The van der Waals surface area contributed by atoms with Crippen molar-refractivity contribution in [2.24, 2.45) is 0 Å². The van der Waals surface area contributed by atoms with Gasteiger partial charge in [-0.15, -0.1) is 0 Å². The van der Waals surface area contributed by atoms with Crippen LogP contribution >= 0.6 is 11.6 Å². The number of hydrogen-bond acceptors (Lipinski definition) is 4. The number of imidazole rings is 1. The molecule has 1 saturated heterocycles. The molecule has 1 aliphatic heterocycles. The van der Waals surface area contributed by atoms with Gasteiger partial charge in [0.2, 0.25) is 0 Å². The van der Waals surface area contributed by atoms with Crippen molar-refractivity contribution in [2.45, 2.75) is 12.8 Å². The number of aromatic carboxylic acids is 1. The Labute approximate surface area is 159 Å². The number of hydrogen-bond donors (Lipinski definition) is 3. The van der Waals surface area contributed by atoms with Gasteiger partial charge in [-0.2, -0.15) is 0 Å². The maximum Gasteiger partial charge on any atom is 0.337 e. The van der Waals surface area contributed by atoms with E-state index in [1.54, 1.807) is 23.1 Å². The standard InChI is InChI=1S/C18H16ClN5O3/c19-13-4-3-11(21-18(27)24-5-1-2-6-24)8-12(13)15-22-14-7-10(17(25)26)9-20-16(14)23-15/h3-4,7-9H,1-2,5-6H2,(H,21,27)(H,25,26)(H,20,22,23). The zero-order valence-electron chi connectivity index (χ0n) is 14.2. The Morgan fingerprint density at radius 1 is 1.22 bits per heavy atom. The predicted octanol–water partition coefficient (Wildman–Crippen LogP) is 3.60. The van der Waals surface area contributed by atoms with Crippen molar-refractivity contribution in [3.05, 3.63) is 41.0 Å². The van der Waals surface area contributed by atoms with Crippen LogP contribution in [0.15, 0.2) is 30.5 Å². The average molecular weight is 386 g/mol. The van der Waals surface area contributed by atoms with Crippen LogP contribution in [0.25, 0.3) is 22.6 Å². The highest BCUT2D eigenvalue weighted by Gasteiger charge is 2.19. The van der Waals surface area contributed by atoms with Gasteiger partial charge in [0.1, 0.15) is 5.82 Å². The Kier molecular flexibility index (Phi) is 4.41. The number of nitrogens with one attached hydrogen (secondary N) is 2. The summed E-state index contributed by atoms with van der Waals surface area (Å²) in [6.07, 6.45) is 3.29.